The van der Waals surface area contributed by atoms with E-state index in [4.69, 9.17) is 22.9 Å². The summed E-state index contributed by atoms with van der Waals surface area (Å²) in [5, 5.41) is 0.383. The van der Waals surface area contributed by atoms with Gasteiger partial charge in [-0.25, -0.2) is 9.64 Å². The van der Waals surface area contributed by atoms with E-state index >= 15 is 0 Å². The molecule has 7 heteroatoms. The van der Waals surface area contributed by atoms with Gasteiger partial charge in [0.2, 0.25) is 5.69 Å². The number of hydrogen-bond donors (Lipinski definition) is 1. The van der Waals surface area contributed by atoms with E-state index in [-0.39, 0.29) is 11.7 Å². The molecule has 0 bridgehead atoms. The quantitative estimate of drug-likeness (QED) is 0.765. The number of benzene rings is 1. The number of ether oxygens (including phenoxy) is 1. The van der Waals surface area contributed by atoms with Crippen molar-refractivity contribution in [2.75, 3.05) is 19.7 Å². The molecule has 1 aliphatic carbocycles. The van der Waals surface area contributed by atoms with Gasteiger partial charge in [0, 0.05) is 36.8 Å². The highest BCUT2D eigenvalue weighted by atomic mass is 35.5. The lowest BCUT2D eigenvalue weighted by Gasteiger charge is -2.41. The predicted molar refractivity (Wildman–Crippen MR) is 111 cm³/mol. The van der Waals surface area contributed by atoms with Crippen LogP contribution in [-0.4, -0.2) is 46.3 Å². The number of nitrogens with zero attached hydrogens (tertiary/aromatic N) is 3. The van der Waals surface area contributed by atoms with Gasteiger partial charge in [-0.15, -0.1) is 0 Å². The number of fused-ring (bicyclic) bond motifs is 1. The van der Waals surface area contributed by atoms with Crippen LogP contribution in [-0.2, 0) is 4.74 Å². The molecule has 2 aliphatic rings. The lowest BCUT2D eigenvalue weighted by molar-refractivity contribution is 0.00796. The van der Waals surface area contributed by atoms with E-state index < -0.39 is 0 Å². The standard InChI is InChI=1S/C21H27ClN4O2/c1-3-28-16-6-4-14(5-7-16)25-10-8-15(9-11-25)26-20-13-18(23-2)17(22)12-19(20)24-21(26)27/h12-16H,3-11H2,1H3,(H,24,27). The third-order valence-corrected chi connectivity index (χ3v) is 6.63. The maximum atomic E-state index is 12.6. The van der Waals surface area contributed by atoms with Crippen molar-refractivity contribution >= 4 is 28.3 Å². The predicted octanol–water partition coefficient (Wildman–Crippen LogP) is 4.52. The smallest absolute Gasteiger partial charge is 0.326 e. The minimum atomic E-state index is -0.108. The van der Waals surface area contributed by atoms with Gasteiger partial charge in [0.1, 0.15) is 0 Å². The molecule has 2 aromatic rings. The van der Waals surface area contributed by atoms with Crippen LogP contribution >= 0.6 is 11.6 Å². The fourth-order valence-electron chi connectivity index (χ4n) is 4.91. The molecule has 0 spiro atoms. The van der Waals surface area contributed by atoms with Crippen LogP contribution in [0.3, 0.4) is 0 Å². The second-order valence-electron chi connectivity index (χ2n) is 7.89. The van der Waals surface area contributed by atoms with Crippen molar-refractivity contribution in [3.8, 4) is 0 Å². The van der Waals surface area contributed by atoms with Gasteiger partial charge in [-0.1, -0.05) is 11.6 Å². The molecule has 0 radical (unpaired) electrons. The third-order valence-electron chi connectivity index (χ3n) is 6.33. The average Bonchev–Trinajstić information content (AvgIpc) is 3.02. The van der Waals surface area contributed by atoms with Crippen LogP contribution in [0.25, 0.3) is 15.9 Å². The largest absolute Gasteiger partial charge is 0.379 e. The monoisotopic (exact) mass is 402 g/mol. The molecule has 1 aromatic heterocycles. The molecule has 0 atom stereocenters. The Balaban J connectivity index is 1.45. The van der Waals surface area contributed by atoms with Gasteiger partial charge < -0.3 is 14.6 Å². The van der Waals surface area contributed by atoms with Crippen LogP contribution in [0.4, 0.5) is 5.69 Å². The minimum absolute atomic E-state index is 0.108. The number of imidazole rings is 1. The van der Waals surface area contributed by atoms with Crippen LogP contribution in [0.5, 0.6) is 0 Å². The zero-order valence-electron chi connectivity index (χ0n) is 16.3. The first kappa shape index (κ1) is 19.5. The minimum Gasteiger partial charge on any atom is -0.379 e. The Morgan fingerprint density at radius 3 is 2.54 bits per heavy atom. The third kappa shape index (κ3) is 3.71. The van der Waals surface area contributed by atoms with Crippen molar-refractivity contribution in [1.29, 1.82) is 0 Å². The van der Waals surface area contributed by atoms with Crippen molar-refractivity contribution in [2.45, 2.75) is 63.6 Å². The Bertz CT molecular complexity index is 928. The Labute approximate surface area is 170 Å². The first-order valence-electron chi connectivity index (χ1n) is 10.3. The fraction of sp³-hybridized carbons (Fsp3) is 0.619. The van der Waals surface area contributed by atoms with E-state index in [0.717, 1.165) is 50.9 Å². The number of nitrogens with one attached hydrogen (secondary N) is 1. The van der Waals surface area contributed by atoms with E-state index in [0.29, 0.717) is 28.4 Å². The zero-order valence-corrected chi connectivity index (χ0v) is 17.0. The van der Waals surface area contributed by atoms with Gasteiger partial charge in [0.15, 0.2) is 0 Å². The summed E-state index contributed by atoms with van der Waals surface area (Å²) in [6, 6.07) is 4.24. The zero-order chi connectivity index (χ0) is 19.7. The SMILES string of the molecule is [C-]#[N+]c1cc2c(cc1Cl)[nH]c(=O)n2C1CCN(C2CCC(OCC)CC2)CC1. The molecule has 1 aromatic carbocycles. The lowest BCUT2D eigenvalue weighted by Crippen LogP contribution is -2.45. The Morgan fingerprint density at radius 2 is 1.89 bits per heavy atom. The molecular weight excluding hydrogens is 376 g/mol. The Morgan fingerprint density at radius 1 is 1.18 bits per heavy atom. The summed E-state index contributed by atoms with van der Waals surface area (Å²) in [7, 11) is 0. The van der Waals surface area contributed by atoms with Crippen molar-refractivity contribution in [2.24, 2.45) is 0 Å². The fourth-order valence-corrected chi connectivity index (χ4v) is 5.11. The molecule has 2 fully saturated rings. The maximum absolute atomic E-state index is 12.6. The number of hydrogen-bond acceptors (Lipinski definition) is 3. The van der Waals surface area contributed by atoms with E-state index in [1.54, 1.807) is 12.1 Å². The summed E-state index contributed by atoms with van der Waals surface area (Å²) >= 11 is 6.13. The van der Waals surface area contributed by atoms with Crippen LogP contribution in [0, 0.1) is 6.57 Å². The molecule has 6 nitrogen and oxygen atoms in total. The van der Waals surface area contributed by atoms with Crippen LogP contribution in [0.15, 0.2) is 16.9 Å². The van der Waals surface area contributed by atoms with Gasteiger partial charge in [0.05, 0.1) is 23.7 Å². The average molecular weight is 403 g/mol. The van der Waals surface area contributed by atoms with Crippen LogP contribution in [0.1, 0.15) is 51.5 Å². The second-order valence-corrected chi connectivity index (χ2v) is 8.29. The molecule has 4 rings (SSSR count). The summed E-state index contributed by atoms with van der Waals surface area (Å²) in [5.41, 5.74) is 1.78. The number of H-pyrrole nitrogens is 1. The number of piperidine rings is 1. The summed E-state index contributed by atoms with van der Waals surface area (Å²) in [6.07, 6.45) is 7.06. The molecular formula is C21H27ClN4O2. The Hall–Kier alpha value is -1.81. The lowest BCUT2D eigenvalue weighted by atomic mass is 9.90. The van der Waals surface area contributed by atoms with E-state index in [1.165, 1.54) is 12.8 Å². The highest BCUT2D eigenvalue weighted by molar-refractivity contribution is 6.34. The van der Waals surface area contributed by atoms with E-state index in [1.807, 2.05) is 4.57 Å². The summed E-state index contributed by atoms with van der Waals surface area (Å²) in [4.78, 5) is 21.6. The molecule has 150 valence electrons. The molecule has 1 N–H and O–H groups in total. The second kappa shape index (κ2) is 8.28. The number of rotatable bonds is 4. The molecule has 0 unspecified atom stereocenters. The van der Waals surface area contributed by atoms with Crippen molar-refractivity contribution in [1.82, 2.24) is 14.5 Å². The van der Waals surface area contributed by atoms with E-state index in [2.05, 4.69) is 21.7 Å². The first-order valence-corrected chi connectivity index (χ1v) is 10.7. The molecule has 0 amide bonds. The van der Waals surface area contributed by atoms with Gasteiger partial charge in [-0.05, 0) is 57.6 Å². The number of halogens is 1. The number of likely N-dealkylation sites (tertiary alicyclic amines) is 1. The van der Waals surface area contributed by atoms with Crippen molar-refractivity contribution in [3.05, 3.63) is 39.1 Å². The van der Waals surface area contributed by atoms with Gasteiger partial charge >= 0.3 is 5.69 Å². The Kier molecular flexibility index (Phi) is 5.77. The molecule has 2 heterocycles. The maximum Gasteiger partial charge on any atom is 0.326 e. The summed E-state index contributed by atoms with van der Waals surface area (Å²) in [6.45, 7) is 12.2. The molecule has 1 saturated heterocycles. The summed E-state index contributed by atoms with van der Waals surface area (Å²) < 4.78 is 7.61. The molecule has 1 aliphatic heterocycles. The van der Waals surface area contributed by atoms with Gasteiger partial charge in [-0.3, -0.25) is 4.57 Å². The van der Waals surface area contributed by atoms with Crippen molar-refractivity contribution in [3.63, 3.8) is 0 Å². The first-order chi connectivity index (χ1) is 13.6. The topological polar surface area (TPSA) is 54.6 Å². The van der Waals surface area contributed by atoms with E-state index in [9.17, 15) is 4.79 Å². The summed E-state index contributed by atoms with van der Waals surface area (Å²) in [5.74, 6) is 0. The van der Waals surface area contributed by atoms with Crippen LogP contribution < -0.4 is 5.69 Å². The van der Waals surface area contributed by atoms with Crippen LogP contribution in [0.2, 0.25) is 5.02 Å². The molecule has 28 heavy (non-hydrogen) atoms. The van der Waals surface area contributed by atoms with Gasteiger partial charge in [0.25, 0.3) is 0 Å². The molecule has 1 saturated carbocycles. The highest BCUT2D eigenvalue weighted by Crippen LogP contribution is 2.33. The van der Waals surface area contributed by atoms with Gasteiger partial charge in [-0.2, -0.15) is 0 Å². The van der Waals surface area contributed by atoms with Crippen molar-refractivity contribution < 1.29 is 4.74 Å². The number of aromatic amines is 1. The number of aromatic nitrogens is 2. The normalized spacial score (nSPS) is 24.5. The highest BCUT2D eigenvalue weighted by Gasteiger charge is 2.30.